The average molecular weight is 273 g/mol. The average Bonchev–Trinajstić information content (AvgIpc) is 2.02. The lowest BCUT2D eigenvalue weighted by Crippen LogP contribution is -2.15. The van der Waals surface area contributed by atoms with Crippen molar-refractivity contribution < 1.29 is 13.2 Å². The van der Waals surface area contributed by atoms with Gasteiger partial charge in [0.05, 0.1) is 0 Å². The van der Waals surface area contributed by atoms with E-state index in [0.717, 1.165) is 0 Å². The maximum atomic E-state index is 12.2. The fourth-order valence-electron chi connectivity index (χ4n) is 0.857. The molecule has 0 aliphatic carbocycles. The topological polar surface area (TPSA) is 0 Å². The molecule has 0 heterocycles. The molecule has 0 spiro atoms. The predicted octanol–water partition coefficient (Wildman–Crippen LogP) is 4.34. The zero-order valence-electron chi connectivity index (χ0n) is 6.28. The van der Waals surface area contributed by atoms with Gasteiger partial charge in [-0.25, -0.2) is 0 Å². The van der Waals surface area contributed by atoms with E-state index in [0.29, 0.717) is 0 Å². The van der Waals surface area contributed by atoms with E-state index in [4.69, 9.17) is 11.6 Å². The summed E-state index contributed by atoms with van der Waals surface area (Å²) < 4.78 is 36.6. The smallest absolute Gasteiger partial charge is 0.169 e. The highest BCUT2D eigenvalue weighted by Gasteiger charge is 2.39. The van der Waals surface area contributed by atoms with Gasteiger partial charge >= 0.3 is 6.18 Å². The van der Waals surface area contributed by atoms with Crippen molar-refractivity contribution in [2.45, 2.75) is 11.0 Å². The summed E-state index contributed by atoms with van der Waals surface area (Å²) in [5.74, 6) is 0. The van der Waals surface area contributed by atoms with Crippen LogP contribution in [0.15, 0.2) is 24.3 Å². The van der Waals surface area contributed by atoms with E-state index in [1.165, 1.54) is 18.2 Å². The highest BCUT2D eigenvalue weighted by molar-refractivity contribution is 9.09. The van der Waals surface area contributed by atoms with Crippen LogP contribution >= 0.6 is 27.5 Å². The number of benzene rings is 1. The van der Waals surface area contributed by atoms with Crippen molar-refractivity contribution in [2.75, 3.05) is 0 Å². The van der Waals surface area contributed by atoms with Crippen molar-refractivity contribution in [1.29, 1.82) is 0 Å². The van der Waals surface area contributed by atoms with Gasteiger partial charge in [-0.3, -0.25) is 0 Å². The van der Waals surface area contributed by atoms with Gasteiger partial charge in [-0.2, -0.15) is 13.2 Å². The molecule has 1 rings (SSSR count). The first-order valence-electron chi connectivity index (χ1n) is 3.38. The summed E-state index contributed by atoms with van der Waals surface area (Å²) in [7, 11) is 0. The van der Waals surface area contributed by atoms with Gasteiger partial charge in [0, 0.05) is 5.02 Å². The molecule has 5 heteroatoms. The van der Waals surface area contributed by atoms with E-state index in [9.17, 15) is 13.2 Å². The Hall–Kier alpha value is -0.220. The third-order valence-electron chi connectivity index (χ3n) is 1.47. The van der Waals surface area contributed by atoms with Crippen molar-refractivity contribution in [2.24, 2.45) is 0 Å². The zero-order valence-corrected chi connectivity index (χ0v) is 8.62. The van der Waals surface area contributed by atoms with Gasteiger partial charge in [0.15, 0.2) is 0 Å². The molecule has 13 heavy (non-hydrogen) atoms. The second-order valence-electron chi connectivity index (χ2n) is 2.43. The van der Waals surface area contributed by atoms with Gasteiger partial charge in [-0.15, -0.1) is 0 Å². The van der Waals surface area contributed by atoms with Crippen LogP contribution in [-0.4, -0.2) is 6.18 Å². The van der Waals surface area contributed by atoms with Crippen LogP contribution in [0, 0.1) is 0 Å². The van der Waals surface area contributed by atoms with Crippen LogP contribution in [0.2, 0.25) is 5.02 Å². The van der Waals surface area contributed by atoms with Gasteiger partial charge in [-0.05, 0) is 11.6 Å². The first-order valence-corrected chi connectivity index (χ1v) is 4.67. The molecule has 0 amide bonds. The Bertz CT molecular complexity index is 298. The second-order valence-corrected chi connectivity index (χ2v) is 3.75. The molecular weight excluding hydrogens is 268 g/mol. The molecule has 1 aromatic carbocycles. The van der Waals surface area contributed by atoms with E-state index in [1.807, 2.05) is 0 Å². The molecule has 0 unspecified atom stereocenters. The largest absolute Gasteiger partial charge is 0.405 e. The molecule has 0 aliphatic heterocycles. The number of halogens is 5. The third-order valence-corrected chi connectivity index (χ3v) is 2.82. The molecular formula is C8H5BrClF3. The van der Waals surface area contributed by atoms with E-state index < -0.39 is 11.0 Å². The van der Waals surface area contributed by atoms with Crippen LogP contribution in [0.25, 0.3) is 0 Å². The SMILES string of the molecule is FC(F)(F)[C@@H](Br)c1ccccc1Cl. The minimum Gasteiger partial charge on any atom is -0.169 e. The molecule has 0 saturated carbocycles. The Balaban J connectivity index is 3.02. The summed E-state index contributed by atoms with van der Waals surface area (Å²) in [4.78, 5) is -1.70. The van der Waals surface area contributed by atoms with Gasteiger partial charge in [0.2, 0.25) is 0 Å². The lowest BCUT2D eigenvalue weighted by Gasteiger charge is -2.15. The molecule has 1 atom stereocenters. The van der Waals surface area contributed by atoms with Crippen LogP contribution in [0.5, 0.6) is 0 Å². The molecule has 0 fully saturated rings. The molecule has 0 nitrogen and oxygen atoms in total. The van der Waals surface area contributed by atoms with Crippen molar-refractivity contribution in [3.63, 3.8) is 0 Å². The van der Waals surface area contributed by atoms with Crippen LogP contribution in [0.1, 0.15) is 10.4 Å². The van der Waals surface area contributed by atoms with E-state index in [2.05, 4.69) is 15.9 Å². The van der Waals surface area contributed by atoms with Crippen molar-refractivity contribution in [3.05, 3.63) is 34.9 Å². The maximum Gasteiger partial charge on any atom is 0.405 e. The summed E-state index contributed by atoms with van der Waals surface area (Å²) >= 11 is 8.14. The van der Waals surface area contributed by atoms with Crippen LogP contribution < -0.4 is 0 Å². The molecule has 0 N–H and O–H groups in total. The molecule has 1 aromatic rings. The minimum atomic E-state index is -4.31. The van der Waals surface area contributed by atoms with E-state index >= 15 is 0 Å². The van der Waals surface area contributed by atoms with Gasteiger partial charge in [0.1, 0.15) is 4.83 Å². The van der Waals surface area contributed by atoms with Crippen LogP contribution in [0.4, 0.5) is 13.2 Å². The third kappa shape index (κ3) is 2.61. The molecule has 0 aromatic heterocycles. The lowest BCUT2D eigenvalue weighted by atomic mass is 10.1. The number of hydrogen-bond donors (Lipinski definition) is 0. The van der Waals surface area contributed by atoms with E-state index in [1.54, 1.807) is 6.07 Å². The molecule has 0 saturated heterocycles. The number of hydrogen-bond acceptors (Lipinski definition) is 0. The summed E-state index contributed by atoms with van der Waals surface area (Å²) in [6.07, 6.45) is -4.31. The monoisotopic (exact) mass is 272 g/mol. The lowest BCUT2D eigenvalue weighted by molar-refractivity contribution is -0.128. The van der Waals surface area contributed by atoms with Gasteiger partial charge in [0.25, 0.3) is 0 Å². The fourth-order valence-corrected chi connectivity index (χ4v) is 1.63. The Labute approximate surface area is 86.8 Å². The van der Waals surface area contributed by atoms with Crippen molar-refractivity contribution >= 4 is 27.5 Å². The second kappa shape index (κ2) is 3.88. The predicted molar refractivity (Wildman–Crippen MR) is 49.2 cm³/mol. The van der Waals surface area contributed by atoms with E-state index in [-0.39, 0.29) is 10.6 Å². The Morgan fingerprint density at radius 1 is 1.23 bits per heavy atom. The summed E-state index contributed by atoms with van der Waals surface area (Å²) in [5, 5.41) is 0.113. The van der Waals surface area contributed by atoms with Crippen molar-refractivity contribution in [1.82, 2.24) is 0 Å². The van der Waals surface area contributed by atoms with Gasteiger partial charge < -0.3 is 0 Å². The summed E-state index contributed by atoms with van der Waals surface area (Å²) in [6.45, 7) is 0. The molecule has 0 bridgehead atoms. The summed E-state index contributed by atoms with van der Waals surface area (Å²) in [5.41, 5.74) is 0.0386. The zero-order chi connectivity index (χ0) is 10.1. The number of rotatable bonds is 1. The first kappa shape index (κ1) is 10.9. The Kier molecular flexibility index (Phi) is 3.24. The highest BCUT2D eigenvalue weighted by Crippen LogP contribution is 2.41. The standard InChI is InChI=1S/C8H5BrClF3/c9-7(8(11,12)13)5-3-1-2-4-6(5)10/h1-4,7H/t7-/m0/s1. The van der Waals surface area contributed by atoms with Crippen LogP contribution in [-0.2, 0) is 0 Å². The summed E-state index contributed by atoms with van der Waals surface area (Å²) in [6, 6.07) is 5.87. The fraction of sp³-hybridized carbons (Fsp3) is 0.250. The van der Waals surface area contributed by atoms with Crippen molar-refractivity contribution in [3.8, 4) is 0 Å². The Morgan fingerprint density at radius 2 is 1.77 bits per heavy atom. The molecule has 0 radical (unpaired) electrons. The Morgan fingerprint density at radius 3 is 2.23 bits per heavy atom. The number of alkyl halides is 4. The first-order chi connectivity index (χ1) is 5.93. The van der Waals surface area contributed by atoms with Crippen LogP contribution in [0.3, 0.4) is 0 Å². The molecule has 72 valence electrons. The quantitative estimate of drug-likeness (QED) is 0.668. The minimum absolute atomic E-state index is 0.0386. The van der Waals surface area contributed by atoms with Gasteiger partial charge in [-0.1, -0.05) is 45.7 Å². The molecule has 0 aliphatic rings. The normalized spacial score (nSPS) is 14.2. The maximum absolute atomic E-state index is 12.2. The highest BCUT2D eigenvalue weighted by atomic mass is 79.9.